The summed E-state index contributed by atoms with van der Waals surface area (Å²) in [4.78, 5) is 13.7. The Bertz CT molecular complexity index is 235. The fourth-order valence-corrected chi connectivity index (χ4v) is 2.26. The van der Waals surface area contributed by atoms with Crippen molar-refractivity contribution in [3.05, 3.63) is 0 Å². The Balaban J connectivity index is 2.53. The van der Waals surface area contributed by atoms with Gasteiger partial charge in [-0.2, -0.15) is 0 Å². The van der Waals surface area contributed by atoms with E-state index in [1.165, 1.54) is 0 Å². The van der Waals surface area contributed by atoms with Crippen molar-refractivity contribution in [1.29, 1.82) is 0 Å². The second-order valence-electron chi connectivity index (χ2n) is 4.83. The van der Waals surface area contributed by atoms with Crippen molar-refractivity contribution in [2.45, 2.75) is 64.6 Å². The van der Waals surface area contributed by atoms with Gasteiger partial charge >= 0.3 is 6.09 Å². The molecule has 1 saturated heterocycles. The maximum atomic E-state index is 12.0. The summed E-state index contributed by atoms with van der Waals surface area (Å²) in [5, 5.41) is 9.40. The Morgan fingerprint density at radius 2 is 1.71 bits per heavy atom. The van der Waals surface area contributed by atoms with E-state index in [1.54, 1.807) is 4.90 Å². The van der Waals surface area contributed by atoms with Crippen LogP contribution in [0.1, 0.15) is 52.9 Å². The molecule has 1 heterocycles. The van der Waals surface area contributed by atoms with Gasteiger partial charge in [-0.1, -0.05) is 20.8 Å². The number of hydrogen-bond donors (Lipinski definition) is 1. The zero-order valence-electron chi connectivity index (χ0n) is 11.2. The average Bonchev–Trinajstić information content (AvgIpc) is 2.37. The van der Waals surface area contributed by atoms with Crippen LogP contribution in [0.25, 0.3) is 0 Å². The molecule has 4 nitrogen and oxygen atoms in total. The first-order valence-corrected chi connectivity index (χ1v) is 6.73. The number of piperidine rings is 1. The SMILES string of the molecule is CCC(CC)(CC)OC(=O)N1CCC(O)CC1. The van der Waals surface area contributed by atoms with E-state index < -0.39 is 0 Å². The average molecular weight is 243 g/mol. The summed E-state index contributed by atoms with van der Waals surface area (Å²) in [6.07, 6.45) is 3.39. The minimum Gasteiger partial charge on any atom is -0.443 e. The third-order valence-corrected chi connectivity index (χ3v) is 3.96. The lowest BCUT2D eigenvalue weighted by molar-refractivity contribution is -0.0259. The van der Waals surface area contributed by atoms with Gasteiger partial charge in [0.25, 0.3) is 0 Å². The fraction of sp³-hybridized carbons (Fsp3) is 0.923. The van der Waals surface area contributed by atoms with Gasteiger partial charge in [0.1, 0.15) is 5.60 Å². The highest BCUT2D eigenvalue weighted by atomic mass is 16.6. The summed E-state index contributed by atoms with van der Waals surface area (Å²) in [6.45, 7) is 7.38. The first-order chi connectivity index (χ1) is 8.06. The van der Waals surface area contributed by atoms with Crippen molar-refractivity contribution in [2.75, 3.05) is 13.1 Å². The molecule has 1 aliphatic heterocycles. The normalized spacial score (nSPS) is 18.2. The molecule has 0 aromatic carbocycles. The molecule has 1 rings (SSSR count). The van der Waals surface area contributed by atoms with E-state index in [2.05, 4.69) is 20.8 Å². The number of aliphatic hydroxyl groups excluding tert-OH is 1. The van der Waals surface area contributed by atoms with Gasteiger partial charge in [0.15, 0.2) is 0 Å². The van der Waals surface area contributed by atoms with Crippen LogP contribution in [-0.2, 0) is 4.74 Å². The molecule has 0 aromatic rings. The van der Waals surface area contributed by atoms with Gasteiger partial charge in [-0.25, -0.2) is 4.79 Å². The Morgan fingerprint density at radius 3 is 2.12 bits per heavy atom. The van der Waals surface area contributed by atoms with Crippen LogP contribution in [0.4, 0.5) is 4.79 Å². The van der Waals surface area contributed by atoms with Gasteiger partial charge in [0.2, 0.25) is 0 Å². The Labute approximate surface area is 104 Å². The Morgan fingerprint density at radius 1 is 1.24 bits per heavy atom. The smallest absolute Gasteiger partial charge is 0.410 e. The van der Waals surface area contributed by atoms with Crippen molar-refractivity contribution < 1.29 is 14.6 Å². The predicted octanol–water partition coefficient (Wildman–Crippen LogP) is 2.55. The van der Waals surface area contributed by atoms with Crippen molar-refractivity contribution in [3.8, 4) is 0 Å². The minimum absolute atomic E-state index is 0.220. The lowest BCUT2D eigenvalue weighted by atomic mass is 9.94. The molecule has 4 heteroatoms. The molecular weight excluding hydrogens is 218 g/mol. The van der Waals surface area contributed by atoms with Crippen LogP contribution in [0.2, 0.25) is 0 Å². The van der Waals surface area contributed by atoms with Crippen LogP contribution >= 0.6 is 0 Å². The molecule has 0 aromatic heterocycles. The van der Waals surface area contributed by atoms with Gasteiger partial charge in [-0.3, -0.25) is 0 Å². The summed E-state index contributed by atoms with van der Waals surface area (Å²) >= 11 is 0. The van der Waals surface area contributed by atoms with E-state index in [1.807, 2.05) is 0 Å². The van der Waals surface area contributed by atoms with Gasteiger partial charge in [-0.05, 0) is 32.1 Å². The van der Waals surface area contributed by atoms with E-state index in [4.69, 9.17) is 4.74 Å². The molecule has 17 heavy (non-hydrogen) atoms. The first kappa shape index (κ1) is 14.3. The van der Waals surface area contributed by atoms with Crippen molar-refractivity contribution in [2.24, 2.45) is 0 Å². The molecule has 1 amide bonds. The fourth-order valence-electron chi connectivity index (χ4n) is 2.26. The van der Waals surface area contributed by atoms with E-state index in [-0.39, 0.29) is 17.8 Å². The molecule has 0 spiro atoms. The van der Waals surface area contributed by atoms with Gasteiger partial charge in [0, 0.05) is 13.1 Å². The van der Waals surface area contributed by atoms with Crippen molar-refractivity contribution >= 4 is 6.09 Å². The van der Waals surface area contributed by atoms with Crippen LogP contribution in [0.5, 0.6) is 0 Å². The van der Waals surface area contributed by atoms with Crippen LogP contribution < -0.4 is 0 Å². The highest BCUT2D eigenvalue weighted by Crippen LogP contribution is 2.26. The van der Waals surface area contributed by atoms with E-state index >= 15 is 0 Å². The maximum absolute atomic E-state index is 12.0. The Kier molecular flexibility index (Phi) is 5.25. The number of carbonyl (C=O) groups is 1. The zero-order valence-corrected chi connectivity index (χ0v) is 11.2. The molecule has 0 atom stereocenters. The molecule has 0 unspecified atom stereocenters. The number of likely N-dealkylation sites (tertiary alicyclic amines) is 1. The highest BCUT2D eigenvalue weighted by molar-refractivity contribution is 5.68. The third kappa shape index (κ3) is 3.60. The maximum Gasteiger partial charge on any atom is 0.410 e. The molecule has 0 bridgehead atoms. The van der Waals surface area contributed by atoms with E-state index in [0.717, 1.165) is 19.3 Å². The molecule has 1 aliphatic rings. The summed E-state index contributed by atoms with van der Waals surface area (Å²) < 4.78 is 5.67. The zero-order chi connectivity index (χ0) is 12.9. The first-order valence-electron chi connectivity index (χ1n) is 6.73. The molecule has 1 N–H and O–H groups in total. The molecular formula is C13H25NO3. The van der Waals surface area contributed by atoms with Crippen LogP contribution in [0.15, 0.2) is 0 Å². The number of carbonyl (C=O) groups excluding carboxylic acids is 1. The summed E-state index contributed by atoms with van der Waals surface area (Å²) in [5.74, 6) is 0. The molecule has 0 aliphatic carbocycles. The molecule has 100 valence electrons. The summed E-state index contributed by atoms with van der Waals surface area (Å²) in [7, 11) is 0. The second kappa shape index (κ2) is 6.24. The van der Waals surface area contributed by atoms with Crippen LogP contribution in [0.3, 0.4) is 0 Å². The van der Waals surface area contributed by atoms with Crippen molar-refractivity contribution in [3.63, 3.8) is 0 Å². The molecule has 1 fully saturated rings. The largest absolute Gasteiger partial charge is 0.443 e. The number of ether oxygens (including phenoxy) is 1. The van der Waals surface area contributed by atoms with Crippen LogP contribution in [-0.4, -0.2) is 40.9 Å². The highest BCUT2D eigenvalue weighted by Gasteiger charge is 2.31. The van der Waals surface area contributed by atoms with Crippen molar-refractivity contribution in [1.82, 2.24) is 4.90 Å². The lowest BCUT2D eigenvalue weighted by Crippen LogP contribution is -2.44. The number of rotatable bonds is 4. The summed E-state index contributed by atoms with van der Waals surface area (Å²) in [6, 6.07) is 0. The van der Waals surface area contributed by atoms with Gasteiger partial charge in [0.05, 0.1) is 6.10 Å². The number of nitrogens with zero attached hydrogens (tertiary/aromatic N) is 1. The third-order valence-electron chi connectivity index (χ3n) is 3.96. The lowest BCUT2D eigenvalue weighted by Gasteiger charge is -2.35. The van der Waals surface area contributed by atoms with E-state index in [0.29, 0.717) is 25.9 Å². The van der Waals surface area contributed by atoms with Crippen LogP contribution in [0, 0.1) is 0 Å². The minimum atomic E-state index is -0.312. The monoisotopic (exact) mass is 243 g/mol. The second-order valence-corrected chi connectivity index (χ2v) is 4.83. The van der Waals surface area contributed by atoms with Gasteiger partial charge < -0.3 is 14.7 Å². The number of hydrogen-bond acceptors (Lipinski definition) is 3. The quantitative estimate of drug-likeness (QED) is 0.825. The standard InChI is InChI=1S/C13H25NO3/c1-4-13(5-2,6-3)17-12(16)14-9-7-11(15)8-10-14/h11,15H,4-10H2,1-3H3. The van der Waals surface area contributed by atoms with E-state index in [9.17, 15) is 9.90 Å². The predicted molar refractivity (Wildman–Crippen MR) is 66.9 cm³/mol. The van der Waals surface area contributed by atoms with Gasteiger partial charge in [-0.15, -0.1) is 0 Å². The number of amides is 1. The Hall–Kier alpha value is -0.770. The topological polar surface area (TPSA) is 49.8 Å². The summed E-state index contributed by atoms with van der Waals surface area (Å²) in [5.41, 5.74) is -0.312. The number of aliphatic hydroxyl groups is 1. The molecule has 0 saturated carbocycles. The molecule has 0 radical (unpaired) electrons.